The second-order valence-electron chi connectivity index (χ2n) is 3.61. The van der Waals surface area contributed by atoms with Crippen LogP contribution < -0.4 is 10.6 Å². The molecule has 3 N–H and O–H groups in total. The molecule has 1 aliphatic rings. The molecule has 0 spiro atoms. The monoisotopic (exact) mass is 318 g/mol. The lowest BCUT2D eigenvalue weighted by atomic mass is 10.3. The number of aromatic hydroxyl groups is 1. The Labute approximate surface area is 124 Å². The van der Waals surface area contributed by atoms with Gasteiger partial charge in [-0.3, -0.25) is 0 Å². The smallest absolute Gasteiger partial charge is 0.248 e. The molecule has 0 aliphatic carbocycles. The number of benzene rings is 1. The standard InChI is InChI=1S/C11H9Cl3N4O/c1-6-15-9(11(12,13)14)18-10(16-6)17-7-4-2-3-5-8(7)19/h2-5,19H,1H2,(H2,15,16,17,18). The molecular formula is C11H9Cl3N4O. The first-order valence-electron chi connectivity index (χ1n) is 5.12. The zero-order valence-electron chi connectivity index (χ0n) is 9.49. The maximum Gasteiger partial charge on any atom is 0.248 e. The van der Waals surface area contributed by atoms with Crippen molar-refractivity contribution >= 4 is 52.3 Å². The van der Waals surface area contributed by atoms with E-state index in [1.165, 1.54) is 6.07 Å². The summed E-state index contributed by atoms with van der Waals surface area (Å²) in [5, 5.41) is 15.1. The minimum Gasteiger partial charge on any atom is -0.506 e. The zero-order chi connectivity index (χ0) is 14.0. The topological polar surface area (TPSA) is 69.0 Å². The molecule has 0 aromatic heterocycles. The maximum atomic E-state index is 9.65. The molecule has 100 valence electrons. The van der Waals surface area contributed by atoms with Gasteiger partial charge >= 0.3 is 0 Å². The van der Waals surface area contributed by atoms with Crippen LogP contribution in [0.3, 0.4) is 0 Å². The van der Waals surface area contributed by atoms with Crippen LogP contribution in [0, 0.1) is 0 Å². The number of alkyl halides is 3. The third-order valence-corrected chi connectivity index (χ3v) is 2.68. The number of anilines is 1. The Kier molecular flexibility index (Phi) is 3.89. The van der Waals surface area contributed by atoms with Crippen LogP contribution in [-0.4, -0.2) is 20.7 Å². The number of halogens is 3. The van der Waals surface area contributed by atoms with Crippen LogP contribution in [0.4, 0.5) is 5.69 Å². The van der Waals surface area contributed by atoms with E-state index in [1.807, 2.05) is 0 Å². The number of nitrogens with zero attached hydrogens (tertiary/aromatic N) is 2. The molecule has 0 amide bonds. The second kappa shape index (κ2) is 5.28. The molecule has 1 heterocycles. The van der Waals surface area contributed by atoms with Gasteiger partial charge in [0.25, 0.3) is 0 Å². The van der Waals surface area contributed by atoms with Gasteiger partial charge in [0.15, 0.2) is 5.84 Å². The van der Waals surface area contributed by atoms with Gasteiger partial charge < -0.3 is 15.7 Å². The van der Waals surface area contributed by atoms with Crippen LogP contribution in [0.2, 0.25) is 0 Å². The van der Waals surface area contributed by atoms with Gasteiger partial charge in [-0.2, -0.15) is 9.98 Å². The predicted molar refractivity (Wildman–Crippen MR) is 79.2 cm³/mol. The first-order valence-corrected chi connectivity index (χ1v) is 6.25. The Hall–Kier alpha value is -1.43. The first kappa shape index (κ1) is 14.0. The van der Waals surface area contributed by atoms with Crippen molar-refractivity contribution in [2.75, 3.05) is 5.32 Å². The lowest BCUT2D eigenvalue weighted by molar-refractivity contribution is 0.478. The third kappa shape index (κ3) is 3.53. The van der Waals surface area contributed by atoms with Crippen molar-refractivity contribution in [2.24, 2.45) is 9.98 Å². The van der Waals surface area contributed by atoms with E-state index in [1.54, 1.807) is 18.2 Å². The fourth-order valence-electron chi connectivity index (χ4n) is 1.34. The summed E-state index contributed by atoms with van der Waals surface area (Å²) in [6.45, 7) is 3.63. The van der Waals surface area contributed by atoms with E-state index in [0.717, 1.165) is 0 Å². The molecule has 0 saturated heterocycles. The van der Waals surface area contributed by atoms with E-state index >= 15 is 0 Å². The lowest BCUT2D eigenvalue weighted by Gasteiger charge is -2.21. The molecule has 2 rings (SSSR count). The highest BCUT2D eigenvalue weighted by Gasteiger charge is 2.31. The average molecular weight is 320 g/mol. The molecule has 0 atom stereocenters. The van der Waals surface area contributed by atoms with E-state index in [9.17, 15) is 5.11 Å². The van der Waals surface area contributed by atoms with Gasteiger partial charge in [-0.15, -0.1) is 0 Å². The highest BCUT2D eigenvalue weighted by atomic mass is 35.6. The Morgan fingerprint density at radius 1 is 1.21 bits per heavy atom. The van der Waals surface area contributed by atoms with Crippen molar-refractivity contribution < 1.29 is 5.11 Å². The van der Waals surface area contributed by atoms with Gasteiger partial charge in [-0.05, 0) is 12.1 Å². The van der Waals surface area contributed by atoms with Gasteiger partial charge in [0.2, 0.25) is 9.75 Å². The molecule has 1 aromatic rings. The van der Waals surface area contributed by atoms with Crippen molar-refractivity contribution in [1.29, 1.82) is 0 Å². The molecule has 0 unspecified atom stereocenters. The zero-order valence-corrected chi connectivity index (χ0v) is 11.8. The predicted octanol–water partition coefficient (Wildman–Crippen LogP) is 3.00. The normalized spacial score (nSPS) is 15.4. The number of phenols is 1. The van der Waals surface area contributed by atoms with E-state index in [4.69, 9.17) is 34.8 Å². The SMILES string of the molecule is C=C1N=C(Nc2ccccc2O)N=C(C(Cl)(Cl)Cl)N1. The van der Waals surface area contributed by atoms with Crippen molar-refractivity contribution in [3.05, 3.63) is 36.7 Å². The Bertz CT molecular complexity index is 578. The van der Waals surface area contributed by atoms with Gasteiger partial charge in [-0.1, -0.05) is 53.5 Å². The largest absolute Gasteiger partial charge is 0.506 e. The number of para-hydroxylation sites is 2. The summed E-state index contributed by atoms with van der Waals surface area (Å²) in [6, 6.07) is 6.63. The van der Waals surface area contributed by atoms with E-state index in [2.05, 4.69) is 27.2 Å². The Balaban J connectivity index is 2.27. The number of rotatable bonds is 1. The van der Waals surface area contributed by atoms with Crippen LogP contribution in [0.15, 0.2) is 46.7 Å². The fourth-order valence-corrected chi connectivity index (χ4v) is 1.61. The highest BCUT2D eigenvalue weighted by Crippen LogP contribution is 2.29. The van der Waals surface area contributed by atoms with Gasteiger partial charge in [-0.25, -0.2) is 0 Å². The number of aliphatic imine (C=N–C) groups is 2. The van der Waals surface area contributed by atoms with Crippen LogP contribution in [0.1, 0.15) is 0 Å². The molecule has 0 saturated carbocycles. The molecular weight excluding hydrogens is 311 g/mol. The number of nitrogens with one attached hydrogen (secondary N) is 2. The van der Waals surface area contributed by atoms with Crippen molar-refractivity contribution in [1.82, 2.24) is 5.32 Å². The number of guanidine groups is 1. The minimum atomic E-state index is -1.72. The van der Waals surface area contributed by atoms with Crippen molar-refractivity contribution in [3.8, 4) is 5.75 Å². The summed E-state index contributed by atoms with van der Waals surface area (Å²) in [4.78, 5) is 8.02. The quantitative estimate of drug-likeness (QED) is 0.550. The van der Waals surface area contributed by atoms with Crippen LogP contribution in [0.5, 0.6) is 5.75 Å². The van der Waals surface area contributed by atoms with Gasteiger partial charge in [0, 0.05) is 0 Å². The highest BCUT2D eigenvalue weighted by molar-refractivity contribution is 6.76. The van der Waals surface area contributed by atoms with Crippen LogP contribution >= 0.6 is 34.8 Å². The summed E-state index contributed by atoms with van der Waals surface area (Å²) in [6.07, 6.45) is 0. The maximum absolute atomic E-state index is 9.65. The van der Waals surface area contributed by atoms with Crippen LogP contribution in [-0.2, 0) is 0 Å². The minimum absolute atomic E-state index is 0.0555. The van der Waals surface area contributed by atoms with Gasteiger partial charge in [0.05, 0.1) is 5.69 Å². The Morgan fingerprint density at radius 3 is 2.53 bits per heavy atom. The van der Waals surface area contributed by atoms with Crippen molar-refractivity contribution in [3.63, 3.8) is 0 Å². The third-order valence-electron chi connectivity index (χ3n) is 2.14. The van der Waals surface area contributed by atoms with Crippen molar-refractivity contribution in [2.45, 2.75) is 3.79 Å². The molecule has 0 fully saturated rings. The van der Waals surface area contributed by atoms with E-state index in [0.29, 0.717) is 5.69 Å². The van der Waals surface area contributed by atoms with Crippen LogP contribution in [0.25, 0.3) is 0 Å². The number of hydrogen-bond donors (Lipinski definition) is 3. The summed E-state index contributed by atoms with van der Waals surface area (Å²) in [5.74, 6) is 0.566. The number of amidine groups is 1. The summed E-state index contributed by atoms with van der Waals surface area (Å²) in [7, 11) is 0. The first-order chi connectivity index (χ1) is 8.86. The Morgan fingerprint density at radius 2 is 1.89 bits per heavy atom. The molecule has 19 heavy (non-hydrogen) atoms. The summed E-state index contributed by atoms with van der Waals surface area (Å²) >= 11 is 17.2. The second-order valence-corrected chi connectivity index (χ2v) is 5.89. The lowest BCUT2D eigenvalue weighted by Crippen LogP contribution is -2.38. The van der Waals surface area contributed by atoms with E-state index < -0.39 is 3.79 Å². The molecule has 5 nitrogen and oxygen atoms in total. The summed E-state index contributed by atoms with van der Waals surface area (Å²) < 4.78 is -1.72. The molecule has 1 aromatic carbocycles. The molecule has 1 aliphatic heterocycles. The number of phenolic OH excluding ortho intramolecular Hbond substituents is 1. The van der Waals surface area contributed by atoms with E-state index in [-0.39, 0.29) is 23.4 Å². The average Bonchev–Trinajstić information content (AvgIpc) is 2.30. The fraction of sp³-hybridized carbons (Fsp3) is 0.0909. The molecule has 8 heteroatoms. The number of hydrogen-bond acceptors (Lipinski definition) is 5. The molecule has 0 radical (unpaired) electrons. The summed E-state index contributed by atoms with van der Waals surface area (Å²) in [5.41, 5.74) is 0.434. The molecule has 0 bridgehead atoms. The van der Waals surface area contributed by atoms with Gasteiger partial charge in [0.1, 0.15) is 11.6 Å².